The zero-order chi connectivity index (χ0) is 19.4. The zero-order valence-electron chi connectivity index (χ0n) is 13.3. The minimum Gasteiger partial charge on any atom is -0.318 e. The normalized spacial score (nSPS) is 12.2. The molecule has 0 saturated carbocycles. The first-order valence-electron chi connectivity index (χ1n) is 7.29. The van der Waals surface area contributed by atoms with Crippen LogP contribution in [0, 0.1) is 0 Å². The van der Waals surface area contributed by atoms with Crippen molar-refractivity contribution < 1.29 is 35.9 Å². The predicted molar refractivity (Wildman–Crippen MR) is 79.1 cm³/mol. The topological polar surface area (TPSA) is 58.2 Å². The predicted octanol–water partition coefficient (Wildman–Crippen LogP) is 4.59. The van der Waals surface area contributed by atoms with Crippen molar-refractivity contribution in [3.8, 4) is 0 Å². The highest BCUT2D eigenvalue weighted by Crippen LogP contribution is 2.30. The smallest absolute Gasteiger partial charge is 0.318 e. The van der Waals surface area contributed by atoms with E-state index < -0.39 is 24.2 Å². The summed E-state index contributed by atoms with van der Waals surface area (Å²) in [4.78, 5) is 22.1. The average Bonchev–Trinajstić information content (AvgIpc) is 2.46. The van der Waals surface area contributed by atoms with Gasteiger partial charge in [-0.2, -0.15) is 26.3 Å². The molecular formula is C15H16F6N2O2. The quantitative estimate of drug-likeness (QED) is 0.745. The van der Waals surface area contributed by atoms with Gasteiger partial charge in [-0.3, -0.25) is 9.59 Å². The molecule has 0 atom stereocenters. The van der Waals surface area contributed by atoms with E-state index in [-0.39, 0.29) is 17.3 Å². The number of hydrogen-bond acceptors (Lipinski definition) is 2. The van der Waals surface area contributed by atoms with Gasteiger partial charge in [-0.25, -0.2) is 0 Å². The molecule has 1 aromatic carbocycles. The lowest BCUT2D eigenvalue weighted by molar-refractivity contribution is -0.167. The second-order valence-corrected chi connectivity index (χ2v) is 5.26. The average molecular weight is 370 g/mol. The van der Waals surface area contributed by atoms with Crippen LogP contribution in [0.2, 0.25) is 0 Å². The lowest BCUT2D eigenvalue weighted by atomic mass is 9.93. The minimum atomic E-state index is -5.15. The Hall–Kier alpha value is -2.26. The Bertz CT molecular complexity index is 590. The van der Waals surface area contributed by atoms with Gasteiger partial charge >= 0.3 is 24.2 Å². The summed E-state index contributed by atoms with van der Waals surface area (Å²) in [6.45, 7) is 3.59. The third-order valence-electron chi connectivity index (χ3n) is 3.44. The van der Waals surface area contributed by atoms with E-state index in [1.54, 1.807) is 24.5 Å². The number of carbonyl (C=O) groups excluding carboxylic acids is 2. The first kappa shape index (κ1) is 20.8. The Morgan fingerprint density at radius 2 is 1.20 bits per heavy atom. The van der Waals surface area contributed by atoms with Crippen molar-refractivity contribution in [2.45, 2.75) is 45.0 Å². The van der Waals surface area contributed by atoms with E-state index in [1.807, 2.05) is 0 Å². The van der Waals surface area contributed by atoms with Crippen LogP contribution in [0.1, 0.15) is 38.2 Å². The van der Waals surface area contributed by atoms with Crippen LogP contribution in [0.4, 0.5) is 37.7 Å². The molecule has 0 bridgehead atoms. The fourth-order valence-corrected chi connectivity index (χ4v) is 2.20. The van der Waals surface area contributed by atoms with Crippen molar-refractivity contribution in [3.05, 3.63) is 23.8 Å². The third-order valence-corrected chi connectivity index (χ3v) is 3.44. The summed E-state index contributed by atoms with van der Waals surface area (Å²) in [6.07, 6.45) is -9.17. The third kappa shape index (κ3) is 5.95. The molecule has 25 heavy (non-hydrogen) atoms. The zero-order valence-corrected chi connectivity index (χ0v) is 13.3. The highest BCUT2D eigenvalue weighted by molar-refractivity contribution is 5.98. The van der Waals surface area contributed by atoms with Gasteiger partial charge in [0.25, 0.3) is 0 Å². The Kier molecular flexibility index (Phi) is 6.44. The molecule has 0 aliphatic rings. The fraction of sp³-hybridized carbons (Fsp3) is 0.467. The monoisotopic (exact) mass is 370 g/mol. The second-order valence-electron chi connectivity index (χ2n) is 5.26. The van der Waals surface area contributed by atoms with Crippen LogP contribution in [0.5, 0.6) is 0 Å². The maximum absolute atomic E-state index is 12.4. The van der Waals surface area contributed by atoms with E-state index in [0.29, 0.717) is 18.4 Å². The maximum Gasteiger partial charge on any atom is 0.471 e. The van der Waals surface area contributed by atoms with Gasteiger partial charge in [0.05, 0.1) is 0 Å². The van der Waals surface area contributed by atoms with Gasteiger partial charge in [0, 0.05) is 11.4 Å². The highest BCUT2D eigenvalue weighted by Gasteiger charge is 2.40. The molecule has 0 heterocycles. The van der Waals surface area contributed by atoms with E-state index in [9.17, 15) is 35.9 Å². The van der Waals surface area contributed by atoms with Gasteiger partial charge in [0.2, 0.25) is 0 Å². The highest BCUT2D eigenvalue weighted by atomic mass is 19.4. The largest absolute Gasteiger partial charge is 0.471 e. The molecule has 2 amide bonds. The van der Waals surface area contributed by atoms with Gasteiger partial charge < -0.3 is 10.6 Å². The van der Waals surface area contributed by atoms with E-state index in [0.717, 1.165) is 6.07 Å². The number of carbonyl (C=O) groups is 2. The molecule has 0 aliphatic carbocycles. The van der Waals surface area contributed by atoms with Gasteiger partial charge in [-0.05, 0) is 42.5 Å². The molecule has 0 aromatic heterocycles. The number of rotatable bonds is 5. The van der Waals surface area contributed by atoms with E-state index in [1.165, 1.54) is 12.1 Å². The summed E-state index contributed by atoms with van der Waals surface area (Å²) < 4.78 is 74.2. The number of amides is 2. The lowest BCUT2D eigenvalue weighted by Crippen LogP contribution is -2.31. The number of hydrogen-bond donors (Lipinski definition) is 2. The minimum absolute atomic E-state index is 0.163. The number of alkyl halides is 6. The molecule has 0 radical (unpaired) electrons. The Morgan fingerprint density at radius 1 is 0.840 bits per heavy atom. The molecule has 4 nitrogen and oxygen atoms in total. The summed E-state index contributed by atoms with van der Waals surface area (Å²) in [5.41, 5.74) is -0.309. The molecule has 0 fully saturated rings. The van der Waals surface area contributed by atoms with Gasteiger partial charge in [0.1, 0.15) is 0 Å². The summed E-state index contributed by atoms with van der Waals surface area (Å²) in [6, 6.07) is 3.31. The first-order valence-corrected chi connectivity index (χ1v) is 7.29. The Balaban J connectivity index is 3.23. The molecule has 1 aromatic rings. The molecule has 0 unspecified atom stereocenters. The molecule has 0 spiro atoms. The van der Waals surface area contributed by atoms with Crippen LogP contribution in [0.15, 0.2) is 18.2 Å². The van der Waals surface area contributed by atoms with E-state index in [2.05, 4.69) is 0 Å². The second kappa shape index (κ2) is 7.75. The van der Waals surface area contributed by atoms with E-state index >= 15 is 0 Å². The summed E-state index contributed by atoms with van der Waals surface area (Å²) in [5.74, 6) is -4.69. The van der Waals surface area contributed by atoms with Crippen molar-refractivity contribution in [1.82, 2.24) is 0 Å². The van der Waals surface area contributed by atoms with Gasteiger partial charge in [-0.15, -0.1) is 0 Å². The number of benzene rings is 1. The van der Waals surface area contributed by atoms with Crippen LogP contribution in [0.25, 0.3) is 0 Å². The molecule has 2 N–H and O–H groups in total. The maximum atomic E-state index is 12.4. The van der Waals surface area contributed by atoms with Crippen molar-refractivity contribution in [2.24, 2.45) is 0 Å². The lowest BCUT2D eigenvalue weighted by Gasteiger charge is -2.18. The van der Waals surface area contributed by atoms with Crippen LogP contribution in [-0.2, 0) is 9.59 Å². The molecule has 1 rings (SSSR count). The van der Waals surface area contributed by atoms with Crippen molar-refractivity contribution in [2.75, 3.05) is 10.6 Å². The molecule has 140 valence electrons. The Morgan fingerprint density at radius 3 is 1.48 bits per heavy atom. The van der Waals surface area contributed by atoms with Crippen LogP contribution in [0.3, 0.4) is 0 Å². The number of halogens is 6. The summed E-state index contributed by atoms with van der Waals surface area (Å²) in [7, 11) is 0. The van der Waals surface area contributed by atoms with Gasteiger partial charge in [-0.1, -0.05) is 13.8 Å². The van der Waals surface area contributed by atoms with Crippen LogP contribution >= 0.6 is 0 Å². The fourth-order valence-electron chi connectivity index (χ4n) is 2.20. The van der Waals surface area contributed by atoms with Crippen LogP contribution < -0.4 is 10.6 Å². The molecule has 10 heteroatoms. The van der Waals surface area contributed by atoms with Crippen LogP contribution in [-0.4, -0.2) is 24.2 Å². The standard InChI is InChI=1S/C15H16F6N2O2/c1-3-8(4-2)9-5-10(22-12(24)14(16,17)18)7-11(6-9)23-13(25)15(19,20)21/h5-8H,3-4H2,1-2H3,(H,22,24)(H,23,25). The number of anilines is 2. The first-order chi connectivity index (χ1) is 11.4. The summed E-state index contributed by atoms with van der Waals surface area (Å²) >= 11 is 0. The van der Waals surface area contributed by atoms with Crippen molar-refractivity contribution in [3.63, 3.8) is 0 Å². The SMILES string of the molecule is CCC(CC)c1cc(NC(=O)C(F)(F)F)cc(NC(=O)C(F)(F)F)c1. The van der Waals surface area contributed by atoms with E-state index in [4.69, 9.17) is 0 Å². The van der Waals surface area contributed by atoms with Crippen molar-refractivity contribution >= 4 is 23.2 Å². The molecule has 0 aliphatic heterocycles. The Labute approximate surface area is 139 Å². The van der Waals surface area contributed by atoms with Gasteiger partial charge in [0.15, 0.2) is 0 Å². The molecule has 0 saturated heterocycles. The van der Waals surface area contributed by atoms with Crippen molar-refractivity contribution in [1.29, 1.82) is 0 Å². The summed E-state index contributed by atoms with van der Waals surface area (Å²) in [5, 5.41) is 3.16. The number of nitrogens with one attached hydrogen (secondary N) is 2. The molecular weight excluding hydrogens is 354 g/mol.